The van der Waals surface area contributed by atoms with Crippen molar-refractivity contribution >= 4 is 28.9 Å². The second-order valence-electron chi connectivity index (χ2n) is 12.8. The van der Waals surface area contributed by atoms with Gasteiger partial charge in [0.05, 0.1) is 5.52 Å². The first-order valence-corrected chi connectivity index (χ1v) is 17.2. The van der Waals surface area contributed by atoms with E-state index < -0.39 is 0 Å². The molecule has 0 saturated carbocycles. The van der Waals surface area contributed by atoms with E-state index in [1.807, 2.05) is 36.5 Å². The van der Waals surface area contributed by atoms with Crippen LogP contribution in [0.1, 0.15) is 0 Å². The molecule has 242 valence electrons. The molecular formula is C44H28BN7. The summed E-state index contributed by atoms with van der Waals surface area (Å²) in [5, 5.41) is 1.08. The lowest BCUT2D eigenvalue weighted by molar-refractivity contribution is 1.07. The van der Waals surface area contributed by atoms with E-state index in [-0.39, 0.29) is 6.85 Å². The molecule has 8 heteroatoms. The number of benzene rings is 4. The van der Waals surface area contributed by atoms with E-state index in [1.54, 1.807) is 24.8 Å². The molecule has 0 amide bonds. The SMILES string of the molecule is C1=CB2c3ccc(-c4ccccc4)cc3-c3c(-c4cccc5cccnc45)cc(-c4nc(-c5ccncc5)nc(-c5ccncc5)n4)cc3N2C=C1. The molecule has 0 atom stereocenters. The van der Waals surface area contributed by atoms with E-state index in [0.29, 0.717) is 17.5 Å². The zero-order valence-electron chi connectivity index (χ0n) is 27.9. The molecule has 4 aromatic carbocycles. The lowest BCUT2D eigenvalue weighted by Gasteiger charge is -2.38. The minimum atomic E-state index is 0.0178. The van der Waals surface area contributed by atoms with Crippen LogP contribution >= 0.6 is 0 Å². The van der Waals surface area contributed by atoms with Crippen molar-refractivity contribution in [3.8, 4) is 67.5 Å². The third-order valence-corrected chi connectivity index (χ3v) is 9.79. The molecule has 8 aromatic rings. The van der Waals surface area contributed by atoms with Crippen molar-refractivity contribution < 1.29 is 0 Å². The van der Waals surface area contributed by atoms with Crippen LogP contribution in [0.5, 0.6) is 0 Å². The normalized spacial score (nSPS) is 12.8. The van der Waals surface area contributed by atoms with Crippen molar-refractivity contribution in [3.63, 3.8) is 0 Å². The van der Waals surface area contributed by atoms with E-state index in [4.69, 9.17) is 19.9 Å². The van der Waals surface area contributed by atoms with Crippen molar-refractivity contribution in [2.45, 2.75) is 0 Å². The molecule has 52 heavy (non-hydrogen) atoms. The summed E-state index contributed by atoms with van der Waals surface area (Å²) in [5.41, 5.74) is 12.6. The molecule has 0 spiro atoms. The standard InChI is InChI=1S/C44H28BN7/c1-2-8-29(9-3-1)33-13-14-38-37(26-33)40-36(35-12-6-10-30-11-7-20-48-41(30)35)27-34(28-39(40)52-25-5-4-19-45(38)52)44-50-42(31-15-21-46-22-16-31)49-43(51-44)32-17-23-47-24-18-32/h1-28H. The highest BCUT2D eigenvalue weighted by Gasteiger charge is 2.35. The summed E-state index contributed by atoms with van der Waals surface area (Å²) in [6.07, 6.45) is 15.3. The summed E-state index contributed by atoms with van der Waals surface area (Å²) >= 11 is 0. The maximum atomic E-state index is 5.12. The molecule has 0 unspecified atom stereocenters. The van der Waals surface area contributed by atoms with Crippen molar-refractivity contribution in [3.05, 3.63) is 171 Å². The number of rotatable bonds is 5. The Morgan fingerprint density at radius 1 is 0.481 bits per heavy atom. The van der Waals surface area contributed by atoms with Gasteiger partial charge in [-0.15, -0.1) is 0 Å². The molecule has 2 aliphatic rings. The lowest BCUT2D eigenvalue weighted by Crippen LogP contribution is -2.49. The minimum Gasteiger partial charge on any atom is -0.383 e. The molecule has 7 nitrogen and oxygen atoms in total. The monoisotopic (exact) mass is 665 g/mol. The third-order valence-electron chi connectivity index (χ3n) is 9.79. The highest BCUT2D eigenvalue weighted by molar-refractivity contribution is 6.84. The molecule has 2 aliphatic heterocycles. The van der Waals surface area contributed by atoms with Crippen molar-refractivity contribution in [1.82, 2.24) is 29.9 Å². The van der Waals surface area contributed by atoms with Gasteiger partial charge in [0.1, 0.15) is 0 Å². The first kappa shape index (κ1) is 29.8. The van der Waals surface area contributed by atoms with Gasteiger partial charge in [-0.1, -0.05) is 78.8 Å². The molecule has 0 N–H and O–H groups in total. The molecule has 10 rings (SSSR count). The van der Waals surface area contributed by atoms with Gasteiger partial charge in [0.15, 0.2) is 17.5 Å². The van der Waals surface area contributed by atoms with Crippen molar-refractivity contribution in [2.75, 3.05) is 4.81 Å². The van der Waals surface area contributed by atoms with Gasteiger partial charge in [0.2, 0.25) is 0 Å². The number of allylic oxidation sites excluding steroid dienone is 2. The summed E-state index contributed by atoms with van der Waals surface area (Å²) in [4.78, 5) is 30.9. The Hall–Kier alpha value is -7.06. The number of aromatic nitrogens is 6. The average Bonchev–Trinajstić information content (AvgIpc) is 3.23. The first-order chi connectivity index (χ1) is 25.8. The van der Waals surface area contributed by atoms with Crippen molar-refractivity contribution in [2.24, 2.45) is 0 Å². The highest BCUT2D eigenvalue weighted by atomic mass is 15.1. The maximum absolute atomic E-state index is 5.12. The number of para-hydroxylation sites is 1. The fraction of sp³-hybridized carbons (Fsp3) is 0. The Labute approximate surface area is 300 Å². The van der Waals surface area contributed by atoms with Crippen molar-refractivity contribution in [1.29, 1.82) is 0 Å². The predicted octanol–water partition coefficient (Wildman–Crippen LogP) is 8.85. The van der Waals surface area contributed by atoms with Crippen LogP contribution < -0.4 is 10.3 Å². The van der Waals surface area contributed by atoms with Gasteiger partial charge in [0.25, 0.3) is 0 Å². The summed E-state index contributed by atoms with van der Waals surface area (Å²) < 4.78 is 0. The van der Waals surface area contributed by atoms with E-state index >= 15 is 0 Å². The second kappa shape index (κ2) is 12.4. The fourth-order valence-electron chi connectivity index (χ4n) is 7.36. The second-order valence-corrected chi connectivity index (χ2v) is 12.8. The molecule has 0 saturated heterocycles. The molecular weight excluding hydrogens is 637 g/mol. The summed E-state index contributed by atoms with van der Waals surface area (Å²) in [7, 11) is 0. The topological polar surface area (TPSA) is 80.6 Å². The number of nitrogens with zero attached hydrogens (tertiary/aromatic N) is 7. The molecule has 0 aliphatic carbocycles. The van der Waals surface area contributed by atoms with Crippen LogP contribution in [0.3, 0.4) is 0 Å². The molecule has 0 fully saturated rings. The van der Waals surface area contributed by atoms with Crippen LogP contribution in [0.2, 0.25) is 0 Å². The Bertz CT molecular complexity index is 2630. The average molecular weight is 666 g/mol. The van der Waals surface area contributed by atoms with Crippen LogP contribution in [0.25, 0.3) is 78.4 Å². The quantitative estimate of drug-likeness (QED) is 0.170. The lowest BCUT2D eigenvalue weighted by atomic mass is 9.49. The minimum absolute atomic E-state index is 0.0178. The number of pyridine rings is 3. The summed E-state index contributed by atoms with van der Waals surface area (Å²) in [6, 6.07) is 40.1. The zero-order valence-corrected chi connectivity index (χ0v) is 27.9. The van der Waals surface area contributed by atoms with Gasteiger partial charge in [0, 0.05) is 69.9 Å². The molecule has 0 radical (unpaired) electrons. The van der Waals surface area contributed by atoms with Crippen LogP contribution in [0.15, 0.2) is 171 Å². The van der Waals surface area contributed by atoms with Gasteiger partial charge in [-0.25, -0.2) is 15.0 Å². The van der Waals surface area contributed by atoms with Crippen LogP contribution in [0.4, 0.5) is 5.69 Å². The summed E-state index contributed by atoms with van der Waals surface area (Å²) in [5.74, 6) is 3.98. The highest BCUT2D eigenvalue weighted by Crippen LogP contribution is 2.47. The van der Waals surface area contributed by atoms with Crippen LogP contribution in [0, 0.1) is 0 Å². The zero-order chi connectivity index (χ0) is 34.4. The largest absolute Gasteiger partial charge is 0.383 e. The maximum Gasteiger partial charge on any atom is 0.320 e. The Kier molecular flexibility index (Phi) is 7.09. The Morgan fingerprint density at radius 3 is 1.92 bits per heavy atom. The Morgan fingerprint density at radius 2 is 1.17 bits per heavy atom. The number of fused-ring (bicyclic) bond motifs is 7. The molecule has 4 aromatic heterocycles. The molecule has 0 bridgehead atoms. The van der Waals surface area contributed by atoms with Gasteiger partial charge in [-0.3, -0.25) is 15.0 Å². The van der Waals surface area contributed by atoms with Gasteiger partial charge in [-0.05, 0) is 88.5 Å². The Balaban J connectivity index is 1.29. The number of hydrogen-bond acceptors (Lipinski definition) is 7. The van der Waals surface area contributed by atoms with Crippen LogP contribution in [-0.4, -0.2) is 36.8 Å². The predicted molar refractivity (Wildman–Crippen MR) is 209 cm³/mol. The third kappa shape index (κ3) is 5.08. The van der Waals surface area contributed by atoms with E-state index in [9.17, 15) is 0 Å². The van der Waals surface area contributed by atoms with E-state index in [0.717, 1.165) is 50.0 Å². The fourth-order valence-corrected chi connectivity index (χ4v) is 7.36. The van der Waals surface area contributed by atoms with Gasteiger partial charge < -0.3 is 4.81 Å². The van der Waals surface area contributed by atoms with Gasteiger partial charge >= 0.3 is 6.85 Å². The summed E-state index contributed by atoms with van der Waals surface area (Å²) in [6.45, 7) is 0.0178. The van der Waals surface area contributed by atoms with E-state index in [1.165, 1.54) is 22.2 Å². The molecule has 6 heterocycles. The number of anilines is 1. The van der Waals surface area contributed by atoms with E-state index in [2.05, 4.69) is 124 Å². The number of hydrogen-bond donors (Lipinski definition) is 0. The van der Waals surface area contributed by atoms with Gasteiger partial charge in [-0.2, -0.15) is 0 Å². The first-order valence-electron chi connectivity index (χ1n) is 17.2. The van der Waals surface area contributed by atoms with Crippen LogP contribution in [-0.2, 0) is 0 Å². The smallest absolute Gasteiger partial charge is 0.320 e.